The predicted molar refractivity (Wildman–Crippen MR) is 82.2 cm³/mol. The third-order valence-corrected chi connectivity index (χ3v) is 4.97. The van der Waals surface area contributed by atoms with Crippen LogP contribution in [0.25, 0.3) is 0 Å². The molecular weight excluding hydrogens is 304 g/mol. The van der Waals surface area contributed by atoms with Gasteiger partial charge in [-0.1, -0.05) is 6.92 Å². The number of halogens is 1. The molecule has 0 bridgehead atoms. The molecule has 1 saturated carbocycles. The Morgan fingerprint density at radius 3 is 2.74 bits per heavy atom. The fraction of sp³-hybridized carbons (Fsp3) is 0.786. The Labute approximate surface area is 124 Å². The number of nitrogens with one attached hydrogen (secondary N) is 1. The summed E-state index contributed by atoms with van der Waals surface area (Å²) in [4.78, 5) is 2.49. The zero-order valence-electron chi connectivity index (χ0n) is 12.4. The molecule has 0 aliphatic heterocycles. The number of hydrogen-bond donors (Lipinski definition) is 1. The highest BCUT2D eigenvalue weighted by Gasteiger charge is 2.28. The largest absolute Gasteiger partial charge is 0.310 e. The first-order chi connectivity index (χ1) is 9.04. The molecule has 1 unspecified atom stereocenters. The van der Waals surface area contributed by atoms with Crippen molar-refractivity contribution < 1.29 is 0 Å². The van der Waals surface area contributed by atoms with E-state index >= 15 is 0 Å². The van der Waals surface area contributed by atoms with Gasteiger partial charge in [0.2, 0.25) is 0 Å². The lowest BCUT2D eigenvalue weighted by molar-refractivity contribution is 0.240. The van der Waals surface area contributed by atoms with Crippen molar-refractivity contribution in [3.8, 4) is 0 Å². The zero-order valence-corrected chi connectivity index (χ0v) is 14.0. The van der Waals surface area contributed by atoms with Gasteiger partial charge in [-0.15, -0.1) is 0 Å². The third-order valence-electron chi connectivity index (χ3n) is 4.05. The minimum Gasteiger partial charge on any atom is -0.310 e. The number of aromatic nitrogens is 2. The first-order valence-electron chi connectivity index (χ1n) is 7.17. The number of nitrogens with zero attached hydrogens (tertiary/aromatic N) is 3. The Hall–Kier alpha value is -0.390. The summed E-state index contributed by atoms with van der Waals surface area (Å²) < 4.78 is 3.14. The van der Waals surface area contributed by atoms with E-state index < -0.39 is 0 Å². The first-order valence-corrected chi connectivity index (χ1v) is 7.96. The number of hydrogen-bond acceptors (Lipinski definition) is 3. The highest BCUT2D eigenvalue weighted by atomic mass is 79.9. The molecular formula is C14H25BrN4. The van der Waals surface area contributed by atoms with Crippen molar-refractivity contribution in [2.24, 2.45) is 7.05 Å². The standard InChI is InChI=1S/C14H25BrN4/c1-5-12-14(15)13(19(4)17-12)9-16-8-10(2)18(3)11-6-7-11/h10-11,16H,5-9H2,1-4H3. The summed E-state index contributed by atoms with van der Waals surface area (Å²) in [5.41, 5.74) is 2.38. The maximum Gasteiger partial charge on any atom is 0.0767 e. The van der Waals surface area contributed by atoms with E-state index in [0.29, 0.717) is 6.04 Å². The SMILES string of the molecule is CCc1nn(C)c(CNCC(C)N(C)C2CC2)c1Br. The normalized spacial score (nSPS) is 17.2. The molecule has 0 spiro atoms. The molecule has 0 aromatic carbocycles. The van der Waals surface area contributed by atoms with E-state index in [0.717, 1.165) is 35.7 Å². The molecule has 0 amide bonds. The molecule has 2 rings (SSSR count). The summed E-state index contributed by atoms with van der Waals surface area (Å²) in [5, 5.41) is 8.07. The molecule has 1 aromatic heterocycles. The molecule has 108 valence electrons. The predicted octanol–water partition coefficient (Wildman–Crippen LogP) is 2.32. The van der Waals surface area contributed by atoms with Gasteiger partial charge in [-0.05, 0) is 49.2 Å². The van der Waals surface area contributed by atoms with Crippen LogP contribution in [0, 0.1) is 0 Å². The van der Waals surface area contributed by atoms with Gasteiger partial charge in [0.25, 0.3) is 0 Å². The van der Waals surface area contributed by atoms with Gasteiger partial charge in [-0.3, -0.25) is 9.58 Å². The lowest BCUT2D eigenvalue weighted by atomic mass is 10.2. The summed E-state index contributed by atoms with van der Waals surface area (Å²) in [6.45, 7) is 6.32. The molecule has 0 radical (unpaired) electrons. The highest BCUT2D eigenvalue weighted by Crippen LogP contribution is 2.26. The molecule has 1 aromatic rings. The maximum atomic E-state index is 4.52. The Morgan fingerprint density at radius 2 is 2.21 bits per heavy atom. The molecule has 1 N–H and O–H groups in total. The van der Waals surface area contributed by atoms with Crippen molar-refractivity contribution >= 4 is 15.9 Å². The van der Waals surface area contributed by atoms with Gasteiger partial charge in [-0.25, -0.2) is 0 Å². The smallest absolute Gasteiger partial charge is 0.0767 e. The fourth-order valence-corrected chi connectivity index (χ4v) is 3.15. The molecule has 1 heterocycles. The van der Waals surface area contributed by atoms with Gasteiger partial charge in [0.15, 0.2) is 0 Å². The van der Waals surface area contributed by atoms with E-state index in [1.54, 1.807) is 0 Å². The van der Waals surface area contributed by atoms with Crippen molar-refractivity contribution in [3.63, 3.8) is 0 Å². The van der Waals surface area contributed by atoms with Crippen LogP contribution >= 0.6 is 15.9 Å². The second-order valence-corrected chi connectivity index (χ2v) is 6.35. The summed E-state index contributed by atoms with van der Waals surface area (Å²) in [6, 6.07) is 1.41. The number of aryl methyl sites for hydroxylation is 2. The molecule has 1 fully saturated rings. The third kappa shape index (κ3) is 3.58. The van der Waals surface area contributed by atoms with E-state index in [4.69, 9.17) is 0 Å². The van der Waals surface area contributed by atoms with Crippen LogP contribution in [-0.2, 0) is 20.0 Å². The molecule has 5 heteroatoms. The van der Waals surface area contributed by atoms with E-state index in [2.05, 4.69) is 52.1 Å². The average Bonchev–Trinajstić information content (AvgIpc) is 3.19. The summed E-state index contributed by atoms with van der Waals surface area (Å²) in [6.07, 6.45) is 3.71. The second kappa shape index (κ2) is 6.37. The van der Waals surface area contributed by atoms with Crippen LogP contribution < -0.4 is 5.32 Å². The fourth-order valence-electron chi connectivity index (χ4n) is 2.40. The van der Waals surface area contributed by atoms with Crippen LogP contribution in [0.4, 0.5) is 0 Å². The van der Waals surface area contributed by atoms with Crippen LogP contribution in [0.2, 0.25) is 0 Å². The monoisotopic (exact) mass is 328 g/mol. The van der Waals surface area contributed by atoms with Crippen molar-refractivity contribution in [3.05, 3.63) is 15.9 Å². The van der Waals surface area contributed by atoms with Crippen LogP contribution in [-0.4, -0.2) is 40.4 Å². The van der Waals surface area contributed by atoms with E-state index in [1.165, 1.54) is 18.5 Å². The van der Waals surface area contributed by atoms with Gasteiger partial charge >= 0.3 is 0 Å². The minimum atomic E-state index is 0.588. The van der Waals surface area contributed by atoms with Gasteiger partial charge in [0, 0.05) is 32.2 Å². The van der Waals surface area contributed by atoms with E-state index in [9.17, 15) is 0 Å². The molecule has 19 heavy (non-hydrogen) atoms. The lowest BCUT2D eigenvalue weighted by Gasteiger charge is -2.24. The molecule has 1 aliphatic carbocycles. The van der Waals surface area contributed by atoms with Crippen molar-refractivity contribution in [2.45, 2.75) is 51.7 Å². The molecule has 1 atom stereocenters. The first kappa shape index (κ1) is 15.0. The summed E-state index contributed by atoms with van der Waals surface area (Å²) in [7, 11) is 4.25. The van der Waals surface area contributed by atoms with Crippen molar-refractivity contribution in [2.75, 3.05) is 13.6 Å². The summed E-state index contributed by atoms with van der Waals surface area (Å²) in [5.74, 6) is 0. The second-order valence-electron chi connectivity index (χ2n) is 5.56. The maximum absolute atomic E-state index is 4.52. The highest BCUT2D eigenvalue weighted by molar-refractivity contribution is 9.10. The Morgan fingerprint density at radius 1 is 1.53 bits per heavy atom. The zero-order chi connectivity index (χ0) is 14.0. The lowest BCUT2D eigenvalue weighted by Crippen LogP contribution is -2.39. The number of rotatable bonds is 7. The van der Waals surface area contributed by atoms with Crippen LogP contribution in [0.3, 0.4) is 0 Å². The Bertz CT molecular complexity index is 425. The molecule has 1 aliphatic rings. The quantitative estimate of drug-likeness (QED) is 0.833. The Balaban J connectivity index is 1.83. The van der Waals surface area contributed by atoms with Gasteiger partial charge in [0.1, 0.15) is 0 Å². The van der Waals surface area contributed by atoms with Crippen LogP contribution in [0.1, 0.15) is 38.1 Å². The van der Waals surface area contributed by atoms with Crippen LogP contribution in [0.15, 0.2) is 4.47 Å². The minimum absolute atomic E-state index is 0.588. The summed E-state index contributed by atoms with van der Waals surface area (Å²) >= 11 is 3.66. The Kier molecular flexibility index (Phi) is 5.03. The molecule has 0 saturated heterocycles. The van der Waals surface area contributed by atoms with Gasteiger partial charge in [0.05, 0.1) is 15.9 Å². The van der Waals surface area contributed by atoms with E-state index in [1.807, 2.05) is 11.7 Å². The molecule has 4 nitrogen and oxygen atoms in total. The van der Waals surface area contributed by atoms with Crippen LogP contribution in [0.5, 0.6) is 0 Å². The average molecular weight is 329 g/mol. The van der Waals surface area contributed by atoms with Gasteiger partial charge in [-0.2, -0.15) is 5.10 Å². The topological polar surface area (TPSA) is 33.1 Å². The van der Waals surface area contributed by atoms with Gasteiger partial charge < -0.3 is 5.32 Å². The van der Waals surface area contributed by atoms with Crippen molar-refractivity contribution in [1.29, 1.82) is 0 Å². The van der Waals surface area contributed by atoms with Crippen molar-refractivity contribution in [1.82, 2.24) is 20.0 Å². The number of likely N-dealkylation sites (N-methyl/N-ethyl adjacent to an activating group) is 1. The van der Waals surface area contributed by atoms with E-state index in [-0.39, 0.29) is 0 Å².